The van der Waals surface area contributed by atoms with Gasteiger partial charge in [0.15, 0.2) is 0 Å². The summed E-state index contributed by atoms with van der Waals surface area (Å²) in [5.74, 6) is 0. The second kappa shape index (κ2) is 1.48. The first-order valence-corrected chi connectivity index (χ1v) is 2.56. The van der Waals surface area contributed by atoms with Crippen molar-refractivity contribution >= 4 is 24.0 Å². The molecule has 1 aromatic rings. The minimum atomic E-state index is 0.884. The predicted molar refractivity (Wildman–Crippen MR) is 29.7 cm³/mol. The maximum atomic E-state index is 5.30. The summed E-state index contributed by atoms with van der Waals surface area (Å²) >= 11 is 1.56. The van der Waals surface area contributed by atoms with E-state index >= 15 is 0 Å². The molecule has 6 heavy (non-hydrogen) atoms. The molecule has 0 unspecified atom stereocenters. The highest BCUT2D eigenvalue weighted by atomic mass is 32.1. The summed E-state index contributed by atoms with van der Waals surface area (Å²) in [4.78, 5) is 0. The van der Waals surface area contributed by atoms with Crippen molar-refractivity contribution in [3.8, 4) is 0 Å². The number of rotatable bonds is 0. The Morgan fingerprint density at radius 1 is 1.67 bits per heavy atom. The van der Waals surface area contributed by atoms with Crippen LogP contribution in [0.4, 0.5) is 0 Å². The van der Waals surface area contributed by atoms with E-state index in [1.165, 1.54) is 0 Å². The van der Waals surface area contributed by atoms with Gasteiger partial charge in [-0.3, -0.25) is 4.78 Å². The quantitative estimate of drug-likeness (QED) is 0.411. The van der Waals surface area contributed by atoms with Gasteiger partial charge in [-0.25, -0.2) is 11.3 Å². The van der Waals surface area contributed by atoms with Gasteiger partial charge in [-0.2, -0.15) is 0 Å². The van der Waals surface area contributed by atoms with Crippen molar-refractivity contribution < 1.29 is 0 Å². The first-order chi connectivity index (χ1) is 2.89. The zero-order valence-electron chi connectivity index (χ0n) is 3.22. The minimum Gasteiger partial charge on any atom is -0.566 e. The van der Waals surface area contributed by atoms with Crippen LogP contribution in [0.25, 0.3) is 0 Å². The van der Waals surface area contributed by atoms with Gasteiger partial charge in [-0.05, 0) is 5.38 Å². The highest BCUT2D eigenvalue weighted by molar-refractivity contribution is 7.18. The van der Waals surface area contributed by atoms with Gasteiger partial charge in [0, 0.05) is 0 Å². The van der Waals surface area contributed by atoms with Crippen LogP contribution in [0.15, 0.2) is 17.5 Å². The number of hydrogen-bond donors (Lipinski definition) is 0. The van der Waals surface area contributed by atoms with E-state index in [0.717, 1.165) is 4.78 Å². The van der Waals surface area contributed by atoms with E-state index < -0.39 is 0 Å². The van der Waals surface area contributed by atoms with Gasteiger partial charge in [0.2, 0.25) is 0 Å². The molecule has 0 amide bonds. The SMILES string of the molecule is [B-]c1cccs1. The fourth-order valence-electron chi connectivity index (χ4n) is 0.291. The van der Waals surface area contributed by atoms with Crippen LogP contribution in [0, 0.1) is 0 Å². The van der Waals surface area contributed by atoms with Crippen LogP contribution in [0.3, 0.4) is 0 Å². The van der Waals surface area contributed by atoms with Crippen molar-refractivity contribution in [1.29, 1.82) is 0 Å². The highest BCUT2D eigenvalue weighted by Gasteiger charge is 1.61. The molecule has 2 heteroatoms. The molecule has 1 aromatic heterocycles. The molecule has 0 saturated heterocycles. The van der Waals surface area contributed by atoms with E-state index in [1.807, 2.05) is 17.5 Å². The lowest BCUT2D eigenvalue weighted by Gasteiger charge is -1.90. The van der Waals surface area contributed by atoms with Gasteiger partial charge < -0.3 is 7.85 Å². The Balaban J connectivity index is 3.05. The van der Waals surface area contributed by atoms with E-state index in [0.29, 0.717) is 0 Å². The second-order valence-electron chi connectivity index (χ2n) is 1.02. The molecule has 0 aliphatic heterocycles. The van der Waals surface area contributed by atoms with Crippen molar-refractivity contribution in [3.05, 3.63) is 17.5 Å². The molecule has 0 bridgehead atoms. The summed E-state index contributed by atoms with van der Waals surface area (Å²) in [6, 6.07) is 3.81. The third kappa shape index (κ3) is 0.629. The zero-order chi connectivity index (χ0) is 4.41. The molecule has 0 spiro atoms. The van der Waals surface area contributed by atoms with Crippen molar-refractivity contribution in [3.63, 3.8) is 0 Å². The molecular weight excluding hydrogens is 90.9 g/mol. The summed E-state index contributed by atoms with van der Waals surface area (Å²) in [5, 5.41) is 1.95. The fraction of sp³-hybridized carbons (Fsp3) is 0. The molecule has 29 valence electrons. The normalized spacial score (nSPS) is 8.83. The molecule has 0 aliphatic rings. The molecule has 0 aromatic carbocycles. The summed E-state index contributed by atoms with van der Waals surface area (Å²) in [5.41, 5.74) is 0. The van der Waals surface area contributed by atoms with Crippen molar-refractivity contribution in [2.75, 3.05) is 0 Å². The highest BCUT2D eigenvalue weighted by Crippen LogP contribution is 1.87. The lowest BCUT2D eigenvalue weighted by molar-refractivity contribution is 2.07. The van der Waals surface area contributed by atoms with E-state index in [1.54, 1.807) is 11.3 Å². The van der Waals surface area contributed by atoms with Gasteiger partial charge in [0.1, 0.15) is 0 Å². The molecule has 0 N–H and O–H groups in total. The predicted octanol–water partition coefficient (Wildman–Crippen LogP) is 0.542. The van der Waals surface area contributed by atoms with Crippen LogP contribution in [0.2, 0.25) is 0 Å². The lowest BCUT2D eigenvalue weighted by Crippen LogP contribution is -1.88. The summed E-state index contributed by atoms with van der Waals surface area (Å²) in [6.07, 6.45) is 0. The average molecular weight is 93.9 g/mol. The molecule has 0 saturated carbocycles. The van der Waals surface area contributed by atoms with E-state index in [-0.39, 0.29) is 0 Å². The first kappa shape index (κ1) is 3.94. The molecule has 1 rings (SSSR count). The van der Waals surface area contributed by atoms with E-state index in [2.05, 4.69) is 0 Å². The molecular formula is C4H3BS-. The minimum absolute atomic E-state index is 0.884. The third-order valence-corrected chi connectivity index (χ3v) is 1.24. The largest absolute Gasteiger partial charge is 0.566 e. The van der Waals surface area contributed by atoms with Gasteiger partial charge in [-0.1, -0.05) is 12.1 Å². The molecule has 0 nitrogen and oxygen atoms in total. The molecule has 1 heterocycles. The van der Waals surface area contributed by atoms with Crippen molar-refractivity contribution in [2.24, 2.45) is 0 Å². The van der Waals surface area contributed by atoms with Crippen LogP contribution in [0.5, 0.6) is 0 Å². The average Bonchev–Trinajstić information content (AvgIpc) is 1.86. The smallest absolute Gasteiger partial charge is 0.0131 e. The van der Waals surface area contributed by atoms with Crippen LogP contribution < -0.4 is 4.78 Å². The Hall–Kier alpha value is -0.235. The maximum absolute atomic E-state index is 5.30. The Kier molecular flexibility index (Phi) is 0.969. The lowest BCUT2D eigenvalue weighted by atomic mass is 10.1. The molecule has 3 radical (unpaired) electrons. The summed E-state index contributed by atoms with van der Waals surface area (Å²) < 4.78 is 0.884. The maximum Gasteiger partial charge on any atom is -0.0131 e. The molecule has 0 fully saturated rings. The van der Waals surface area contributed by atoms with Crippen LogP contribution in [0.1, 0.15) is 0 Å². The first-order valence-electron chi connectivity index (χ1n) is 1.68. The van der Waals surface area contributed by atoms with Crippen LogP contribution in [-0.2, 0) is 0 Å². The van der Waals surface area contributed by atoms with Crippen molar-refractivity contribution in [1.82, 2.24) is 0 Å². The summed E-state index contributed by atoms with van der Waals surface area (Å²) in [6.45, 7) is 0. The second-order valence-corrected chi connectivity index (χ2v) is 1.99. The molecule has 0 aliphatic carbocycles. The zero-order valence-corrected chi connectivity index (χ0v) is 4.03. The third-order valence-electron chi connectivity index (χ3n) is 0.543. The Labute approximate surface area is 42.2 Å². The van der Waals surface area contributed by atoms with Crippen molar-refractivity contribution in [2.45, 2.75) is 0 Å². The van der Waals surface area contributed by atoms with Gasteiger partial charge in [-0.15, -0.1) is 0 Å². The Morgan fingerprint density at radius 2 is 2.50 bits per heavy atom. The van der Waals surface area contributed by atoms with Crippen LogP contribution >= 0.6 is 11.3 Å². The molecule has 0 atom stereocenters. The summed E-state index contributed by atoms with van der Waals surface area (Å²) in [7, 11) is 5.30. The Bertz CT molecular complexity index is 111. The van der Waals surface area contributed by atoms with Gasteiger partial charge >= 0.3 is 0 Å². The van der Waals surface area contributed by atoms with E-state index in [4.69, 9.17) is 7.85 Å². The van der Waals surface area contributed by atoms with Crippen LogP contribution in [-0.4, -0.2) is 7.85 Å². The van der Waals surface area contributed by atoms with Gasteiger partial charge in [0.25, 0.3) is 0 Å². The fourth-order valence-corrected chi connectivity index (χ4v) is 0.763. The van der Waals surface area contributed by atoms with Gasteiger partial charge in [0.05, 0.1) is 0 Å². The topological polar surface area (TPSA) is 0 Å². The standard InChI is InChI=1S/C4H3BS/c5-4-2-1-3-6-4/h1-3H/q-1. The number of thiophene rings is 1. The Morgan fingerprint density at radius 3 is 2.67 bits per heavy atom. The van der Waals surface area contributed by atoms with E-state index in [9.17, 15) is 0 Å². The number of hydrogen-bond acceptors (Lipinski definition) is 1. The monoisotopic (exact) mass is 94.0 g/mol.